The molecular weight excluding hydrogens is 1030 g/mol. The van der Waals surface area contributed by atoms with E-state index in [0.29, 0.717) is 44.3 Å². The fourth-order valence-corrected chi connectivity index (χ4v) is 11.1. The fourth-order valence-electron chi connectivity index (χ4n) is 11.1. The third-order valence-corrected chi connectivity index (χ3v) is 15.9. The topological polar surface area (TPSA) is 265 Å². The highest BCUT2D eigenvalue weighted by atomic mass is 19.1. The Labute approximate surface area is 476 Å². The molecule has 0 radical (unpaired) electrons. The number of ether oxygens (including phenoxy) is 6. The summed E-state index contributed by atoms with van der Waals surface area (Å²) in [5.74, 6) is -2.49. The largest absolute Gasteiger partial charge is 0.459 e. The minimum Gasteiger partial charge on any atom is -0.459 e. The van der Waals surface area contributed by atoms with E-state index in [9.17, 15) is 44.3 Å². The lowest BCUT2D eigenvalue weighted by atomic mass is 9.80. The Morgan fingerprint density at radius 3 is 2.09 bits per heavy atom. The van der Waals surface area contributed by atoms with E-state index in [1.54, 1.807) is 72.1 Å². The first-order valence-electron chi connectivity index (χ1n) is 28.2. The van der Waals surface area contributed by atoms with Crippen LogP contribution in [0.15, 0.2) is 42.6 Å². The molecule has 3 aliphatic rings. The summed E-state index contributed by atoms with van der Waals surface area (Å²) in [4.78, 5) is 45.4. The van der Waals surface area contributed by atoms with Crippen molar-refractivity contribution in [3.63, 3.8) is 0 Å². The number of nitrogens with two attached hydrogens (primary N) is 1. The van der Waals surface area contributed by atoms with Crippen LogP contribution in [0, 0.1) is 30.6 Å². The summed E-state index contributed by atoms with van der Waals surface area (Å²) in [6, 6.07) is 8.83. The molecule has 5 rings (SSSR count). The van der Waals surface area contributed by atoms with Crippen molar-refractivity contribution in [3.05, 3.63) is 53.9 Å². The van der Waals surface area contributed by atoms with E-state index in [1.165, 1.54) is 26.3 Å². The number of primary amides is 1. The Kier molecular flexibility index (Phi) is 29.8. The van der Waals surface area contributed by atoms with Crippen molar-refractivity contribution in [2.45, 2.75) is 218 Å². The number of aliphatic hydroxyl groups excluding tert-OH is 3. The summed E-state index contributed by atoms with van der Waals surface area (Å²) >= 11 is 0. The molecule has 19 nitrogen and oxygen atoms in total. The summed E-state index contributed by atoms with van der Waals surface area (Å²) in [6.45, 7) is 22.4. The second-order valence-corrected chi connectivity index (χ2v) is 22.7. The Bertz CT molecular complexity index is 2170. The summed E-state index contributed by atoms with van der Waals surface area (Å²) in [7, 11) is 6.98. The summed E-state index contributed by atoms with van der Waals surface area (Å²) in [6.07, 6.45) is 6.23. The zero-order chi connectivity index (χ0) is 61.0. The maximum Gasteiger partial charge on any atom is 0.311 e. The molecule has 18 atom stereocenters. The maximum absolute atomic E-state index is 13.8. The molecule has 0 aliphatic carbocycles. The smallest absolute Gasteiger partial charge is 0.311 e. The number of likely N-dealkylation sites (N-methyl/N-ethyl adjacent to an activating group) is 1. The van der Waals surface area contributed by atoms with Crippen molar-refractivity contribution >= 4 is 17.8 Å². The lowest BCUT2D eigenvalue weighted by Crippen LogP contribution is -2.59. The molecular formula is C60H100FN5O14. The molecule has 8 N–H and O–H groups in total. The van der Waals surface area contributed by atoms with Crippen LogP contribution in [0.3, 0.4) is 0 Å². The molecule has 3 aliphatic heterocycles. The van der Waals surface area contributed by atoms with Crippen LogP contribution in [0.2, 0.25) is 0 Å². The Morgan fingerprint density at radius 1 is 0.938 bits per heavy atom. The van der Waals surface area contributed by atoms with Gasteiger partial charge in [-0.05, 0) is 117 Å². The van der Waals surface area contributed by atoms with Crippen LogP contribution < -0.4 is 11.1 Å². The van der Waals surface area contributed by atoms with Crippen LogP contribution >= 0.6 is 0 Å². The average Bonchev–Trinajstić information content (AvgIpc) is 3.43. The summed E-state index contributed by atoms with van der Waals surface area (Å²) in [5, 5.41) is 58.1. The number of cyclic esters (lactones) is 1. The van der Waals surface area contributed by atoms with Gasteiger partial charge in [-0.2, -0.15) is 0 Å². The minimum atomic E-state index is -1.70. The van der Waals surface area contributed by atoms with Crippen LogP contribution in [-0.4, -0.2) is 190 Å². The van der Waals surface area contributed by atoms with Crippen LogP contribution in [0.5, 0.6) is 0 Å². The quantitative estimate of drug-likeness (QED) is 0.0802. The molecule has 2 amide bonds. The minimum absolute atomic E-state index is 0.0631. The van der Waals surface area contributed by atoms with E-state index in [0.717, 1.165) is 17.5 Å². The number of halogens is 1. The molecule has 0 spiro atoms. The predicted molar refractivity (Wildman–Crippen MR) is 305 cm³/mol. The normalized spacial score (nSPS) is 34.4. The number of aromatic nitrogens is 1. The molecule has 1 aromatic heterocycles. The average molecular weight is 1130 g/mol. The van der Waals surface area contributed by atoms with E-state index in [4.69, 9.17) is 34.2 Å². The van der Waals surface area contributed by atoms with Gasteiger partial charge in [-0.15, -0.1) is 12.8 Å². The SMILES string of the molecule is C#C.CC.CC[C@H]1OC(=O)[C@H](C)[C@@H](O[C@H]2C[C@@](C)(OC)[C@@H](O)[C@H](C)O2)[C@H](C)C[C@](C)(O)C[C@@H](C)CN(C)[C@H](C)[C@@H](O)[C@]1(C)O.CO[C@H]1C[C@@H](N(C)CCC(=O)N[C@H](CF)[C@H](O)c2ccc(-c3ccc(C(N)=O)nc3)cc2)C[C@@H](C)O1. The zero-order valence-electron chi connectivity index (χ0n) is 50.6. The number of hydrogen-bond donors (Lipinski definition) is 7. The number of benzene rings is 1. The molecule has 0 unspecified atom stereocenters. The number of rotatable bonds is 15. The number of esters is 1. The Hall–Kier alpha value is -4.21. The van der Waals surface area contributed by atoms with Gasteiger partial charge >= 0.3 is 5.97 Å². The molecule has 3 fully saturated rings. The number of terminal acetylenes is 1. The van der Waals surface area contributed by atoms with Crippen molar-refractivity contribution in [1.82, 2.24) is 20.1 Å². The molecule has 0 bridgehead atoms. The first-order chi connectivity index (χ1) is 37.5. The van der Waals surface area contributed by atoms with Crippen molar-refractivity contribution in [2.75, 3.05) is 48.1 Å². The van der Waals surface area contributed by atoms with E-state index in [2.05, 4.69) is 35.0 Å². The van der Waals surface area contributed by atoms with Crippen LogP contribution in [0.1, 0.15) is 150 Å². The number of carbonyl (C=O) groups is 3. The second-order valence-electron chi connectivity index (χ2n) is 22.7. The number of pyridine rings is 1. The van der Waals surface area contributed by atoms with Gasteiger partial charge in [-0.3, -0.25) is 19.4 Å². The van der Waals surface area contributed by atoms with Gasteiger partial charge in [0.05, 0.1) is 41.5 Å². The third kappa shape index (κ3) is 20.3. The van der Waals surface area contributed by atoms with Gasteiger partial charge in [-0.1, -0.05) is 65.0 Å². The number of carbonyl (C=O) groups excluding carboxylic acids is 3. The number of hydrogen-bond acceptors (Lipinski definition) is 17. The first-order valence-corrected chi connectivity index (χ1v) is 28.2. The number of methoxy groups -OCH3 is 2. The summed E-state index contributed by atoms with van der Waals surface area (Å²) < 4.78 is 48.8. The van der Waals surface area contributed by atoms with Crippen LogP contribution in [0.4, 0.5) is 4.39 Å². The predicted octanol–water partition coefficient (Wildman–Crippen LogP) is 5.95. The highest BCUT2D eigenvalue weighted by Gasteiger charge is 2.49. The van der Waals surface area contributed by atoms with Crippen LogP contribution in [-0.2, 0) is 38.0 Å². The lowest BCUT2D eigenvalue weighted by molar-refractivity contribution is -0.296. The van der Waals surface area contributed by atoms with Gasteiger partial charge in [0.2, 0.25) is 5.91 Å². The lowest BCUT2D eigenvalue weighted by Gasteiger charge is -2.46. The highest BCUT2D eigenvalue weighted by molar-refractivity contribution is 5.91. The molecule has 80 heavy (non-hydrogen) atoms. The Balaban J connectivity index is 0.000000517. The third-order valence-electron chi connectivity index (χ3n) is 15.9. The summed E-state index contributed by atoms with van der Waals surface area (Å²) in [5.41, 5.74) is 3.76. The number of alkyl halides is 1. The van der Waals surface area contributed by atoms with Gasteiger partial charge in [0.1, 0.15) is 42.4 Å². The zero-order valence-corrected chi connectivity index (χ0v) is 50.6. The molecule has 2 aromatic rings. The van der Waals surface area contributed by atoms with Gasteiger partial charge < -0.3 is 74.8 Å². The van der Waals surface area contributed by atoms with E-state index < -0.39 is 96.3 Å². The van der Waals surface area contributed by atoms with Gasteiger partial charge in [0, 0.05) is 70.4 Å². The van der Waals surface area contributed by atoms with Crippen molar-refractivity contribution < 1.29 is 72.7 Å². The molecule has 4 heterocycles. The second kappa shape index (κ2) is 33.2. The van der Waals surface area contributed by atoms with E-state index >= 15 is 0 Å². The highest BCUT2D eigenvalue weighted by Crippen LogP contribution is 2.38. The monoisotopic (exact) mass is 1130 g/mol. The maximum atomic E-state index is 13.8. The standard InChI is InChI=1S/C30H57NO9.C26H35FN4O5.C2H6.C2H2/c1-12-22-30(9,36)25(32)20(5)31(10)16-17(2)13-28(7,35)14-18(3)24(19(4)27(34)39-22)40-23-15-29(8,37-11)26(33)21(6)38-23;1-16-12-20(13-24(35-3)36-16)31(2)11-10-23(32)30-22(14-27)25(33)18-6-4-17(5-7-18)19-8-9-21(26(28)34)29-15-19;2*1-2/h17-26,32-33,35-36H,12-16H2,1-11H3;4-9,15-16,20,22,24-25,33H,10-14H2,1-3H3,(H2,28,34)(H,30,32);1-2H3;1-2H/t17-,18-,19-,20-,21+,22-,23+,24+,25-,26+,28-,29-,30-;16-,20+,22-,24-,25-;;/m11../s1. The first kappa shape index (κ1) is 71.9. The fraction of sp³-hybridized carbons (Fsp3) is 0.733. The van der Waals surface area contributed by atoms with Crippen molar-refractivity contribution in [3.8, 4) is 24.0 Å². The number of aliphatic hydroxyl groups is 5. The van der Waals surface area contributed by atoms with E-state index in [1.807, 2.05) is 53.6 Å². The molecule has 3 saturated heterocycles. The van der Waals surface area contributed by atoms with Crippen molar-refractivity contribution in [1.29, 1.82) is 0 Å². The number of amides is 2. The van der Waals surface area contributed by atoms with Gasteiger partial charge in [0.25, 0.3) is 5.91 Å². The van der Waals surface area contributed by atoms with Gasteiger partial charge in [0.15, 0.2) is 12.6 Å². The van der Waals surface area contributed by atoms with E-state index in [-0.39, 0.29) is 54.7 Å². The van der Waals surface area contributed by atoms with Gasteiger partial charge in [-0.25, -0.2) is 4.39 Å². The molecule has 20 heteroatoms. The number of nitrogens with zero attached hydrogens (tertiary/aromatic N) is 3. The van der Waals surface area contributed by atoms with Crippen molar-refractivity contribution in [2.24, 2.45) is 23.5 Å². The number of nitrogens with one attached hydrogen (secondary N) is 1. The van der Waals surface area contributed by atoms with Crippen LogP contribution in [0.25, 0.3) is 11.1 Å². The molecule has 0 saturated carbocycles. The molecule has 1 aromatic carbocycles. The molecule has 456 valence electrons. The Morgan fingerprint density at radius 2 is 1.55 bits per heavy atom.